The molecule has 9 heteroatoms. The molecule has 1 aliphatic heterocycles. The molecule has 0 aliphatic carbocycles. The molecule has 0 bridgehead atoms. The fraction of sp³-hybridized carbons (Fsp3) is 0.222. The van der Waals surface area contributed by atoms with Gasteiger partial charge in [0.15, 0.2) is 0 Å². The van der Waals surface area contributed by atoms with Gasteiger partial charge in [0.2, 0.25) is 0 Å². The molecule has 0 atom stereocenters. The van der Waals surface area contributed by atoms with Crippen molar-refractivity contribution in [2.24, 2.45) is 5.10 Å². The van der Waals surface area contributed by atoms with Gasteiger partial charge in [0, 0.05) is 6.20 Å². The van der Waals surface area contributed by atoms with Gasteiger partial charge >= 0.3 is 11.9 Å². The highest BCUT2D eigenvalue weighted by molar-refractivity contribution is 7.12. The van der Waals surface area contributed by atoms with Crippen molar-refractivity contribution in [3.05, 3.63) is 51.0 Å². The Morgan fingerprint density at radius 3 is 2.63 bits per heavy atom. The molecule has 3 heterocycles. The number of ether oxygens (including phenoxy) is 2. The van der Waals surface area contributed by atoms with Crippen LogP contribution in [0.4, 0.5) is 0 Å². The molecule has 27 heavy (non-hydrogen) atoms. The second-order valence-corrected chi connectivity index (χ2v) is 6.32. The van der Waals surface area contributed by atoms with Gasteiger partial charge in [-0.25, -0.2) is 15.0 Å². The van der Waals surface area contributed by atoms with Gasteiger partial charge in [0.1, 0.15) is 5.71 Å². The number of nitrogens with one attached hydrogen (secondary N) is 2. The molecule has 0 unspecified atom stereocenters. The number of carbonyl (C=O) groups excluding carboxylic acids is 3. The van der Waals surface area contributed by atoms with Crippen molar-refractivity contribution >= 4 is 41.0 Å². The molecule has 3 rings (SSSR count). The zero-order valence-electron chi connectivity index (χ0n) is 14.7. The van der Waals surface area contributed by atoms with Crippen LogP contribution in [-0.4, -0.2) is 41.8 Å². The van der Waals surface area contributed by atoms with Crippen LogP contribution in [0.2, 0.25) is 0 Å². The van der Waals surface area contributed by atoms with Gasteiger partial charge in [-0.2, -0.15) is 5.10 Å². The Labute approximate surface area is 158 Å². The number of aromatic amines is 1. The maximum atomic E-state index is 12.4. The minimum atomic E-state index is -0.679. The second kappa shape index (κ2) is 8.00. The summed E-state index contributed by atoms with van der Waals surface area (Å²) in [7, 11) is 0. The van der Waals surface area contributed by atoms with E-state index in [0.717, 1.165) is 4.88 Å². The van der Waals surface area contributed by atoms with Gasteiger partial charge < -0.3 is 14.5 Å². The largest absolute Gasteiger partial charge is 0.462 e. The van der Waals surface area contributed by atoms with Crippen LogP contribution in [0.25, 0.3) is 6.08 Å². The first-order valence-electron chi connectivity index (χ1n) is 8.26. The van der Waals surface area contributed by atoms with Crippen LogP contribution in [0.5, 0.6) is 0 Å². The van der Waals surface area contributed by atoms with E-state index in [0.29, 0.717) is 5.71 Å². The third-order valence-corrected chi connectivity index (χ3v) is 4.57. The molecule has 1 aliphatic rings. The summed E-state index contributed by atoms with van der Waals surface area (Å²) in [5.74, 6) is -1.73. The van der Waals surface area contributed by atoms with Crippen LogP contribution < -0.4 is 5.43 Å². The Kier molecular flexibility index (Phi) is 5.51. The van der Waals surface area contributed by atoms with Gasteiger partial charge in [0.25, 0.3) is 5.91 Å². The lowest BCUT2D eigenvalue weighted by atomic mass is 10.0. The van der Waals surface area contributed by atoms with Gasteiger partial charge in [-0.1, -0.05) is 6.07 Å². The van der Waals surface area contributed by atoms with E-state index in [1.807, 2.05) is 17.5 Å². The van der Waals surface area contributed by atoms with Crippen LogP contribution >= 0.6 is 11.3 Å². The first-order chi connectivity index (χ1) is 13.1. The van der Waals surface area contributed by atoms with Crippen LogP contribution in [0.1, 0.15) is 45.1 Å². The molecule has 0 saturated heterocycles. The van der Waals surface area contributed by atoms with Crippen molar-refractivity contribution in [3.8, 4) is 0 Å². The number of rotatable bonds is 6. The summed E-state index contributed by atoms with van der Waals surface area (Å²) in [6.45, 7) is 3.65. The summed E-state index contributed by atoms with van der Waals surface area (Å²) in [4.78, 5) is 40.5. The highest BCUT2D eigenvalue weighted by Gasteiger charge is 2.28. The third-order valence-electron chi connectivity index (χ3n) is 3.70. The molecular weight excluding hydrogens is 370 g/mol. The van der Waals surface area contributed by atoms with Crippen LogP contribution in [0.3, 0.4) is 0 Å². The summed E-state index contributed by atoms with van der Waals surface area (Å²) >= 11 is 1.43. The quantitative estimate of drug-likeness (QED) is 0.584. The summed E-state index contributed by atoms with van der Waals surface area (Å²) in [5, 5.41) is 5.93. The van der Waals surface area contributed by atoms with Crippen LogP contribution in [-0.2, 0) is 14.3 Å². The molecule has 140 valence electrons. The smallest absolute Gasteiger partial charge is 0.341 e. The van der Waals surface area contributed by atoms with Crippen molar-refractivity contribution in [1.29, 1.82) is 0 Å². The fourth-order valence-corrected chi connectivity index (χ4v) is 3.29. The monoisotopic (exact) mass is 387 g/mol. The van der Waals surface area contributed by atoms with Crippen molar-refractivity contribution in [2.75, 3.05) is 13.2 Å². The van der Waals surface area contributed by atoms with Gasteiger partial charge in [-0.15, -0.1) is 11.3 Å². The Hall–Kier alpha value is -3.20. The molecule has 0 radical (unpaired) electrons. The minimum absolute atomic E-state index is 0.0213. The van der Waals surface area contributed by atoms with Gasteiger partial charge in [-0.05, 0) is 31.4 Å². The Morgan fingerprint density at radius 2 is 1.96 bits per heavy atom. The molecular formula is C18H17N3O5S. The van der Waals surface area contributed by atoms with Gasteiger partial charge in [-0.3, -0.25) is 4.79 Å². The first-order valence-corrected chi connectivity index (χ1v) is 9.14. The number of esters is 2. The number of aromatic nitrogens is 1. The fourth-order valence-electron chi connectivity index (χ4n) is 2.56. The number of thiophene rings is 1. The summed E-state index contributed by atoms with van der Waals surface area (Å²) in [5.41, 5.74) is 3.51. The number of hydrogen-bond acceptors (Lipinski definition) is 7. The van der Waals surface area contributed by atoms with E-state index in [1.54, 1.807) is 13.8 Å². The minimum Gasteiger partial charge on any atom is -0.462 e. The van der Waals surface area contributed by atoms with E-state index >= 15 is 0 Å². The Morgan fingerprint density at radius 1 is 1.22 bits per heavy atom. The summed E-state index contributed by atoms with van der Waals surface area (Å²) < 4.78 is 10.1. The van der Waals surface area contributed by atoms with Gasteiger partial charge in [0.05, 0.1) is 40.5 Å². The standard InChI is InChI=1S/C18H17N3O5S/c1-3-25-17(23)11-9-19-12(14(11)18(24)26-4-2)8-10-15(20-21-16(10)22)13-6-5-7-27-13/h5-9,19H,3-4H2,1-2H3,(H,21,22)/b10-8+. The van der Waals surface area contributed by atoms with E-state index < -0.39 is 17.8 Å². The highest BCUT2D eigenvalue weighted by Crippen LogP contribution is 2.24. The predicted octanol–water partition coefficient (Wildman–Crippen LogP) is 2.35. The lowest BCUT2D eigenvalue weighted by Gasteiger charge is -2.06. The first kappa shape index (κ1) is 18.6. The number of carbonyl (C=O) groups is 3. The molecule has 1 amide bonds. The molecule has 0 saturated carbocycles. The van der Waals surface area contributed by atoms with E-state index in [2.05, 4.69) is 15.5 Å². The molecule has 2 N–H and O–H groups in total. The summed E-state index contributed by atoms with van der Waals surface area (Å²) in [6, 6.07) is 3.68. The second-order valence-electron chi connectivity index (χ2n) is 5.37. The number of hydrogen-bond donors (Lipinski definition) is 2. The third kappa shape index (κ3) is 3.68. The Bertz CT molecular complexity index is 940. The zero-order chi connectivity index (χ0) is 19.4. The number of H-pyrrole nitrogens is 1. The molecule has 2 aromatic heterocycles. The van der Waals surface area contributed by atoms with E-state index in [1.165, 1.54) is 23.6 Å². The molecule has 0 fully saturated rings. The van der Waals surface area contributed by atoms with Crippen molar-refractivity contribution < 1.29 is 23.9 Å². The molecule has 0 aromatic carbocycles. The zero-order valence-corrected chi connectivity index (χ0v) is 15.5. The van der Waals surface area contributed by atoms with E-state index in [-0.39, 0.29) is 35.6 Å². The molecule has 8 nitrogen and oxygen atoms in total. The van der Waals surface area contributed by atoms with Crippen molar-refractivity contribution in [1.82, 2.24) is 10.4 Å². The van der Waals surface area contributed by atoms with Crippen LogP contribution in [0.15, 0.2) is 34.4 Å². The van der Waals surface area contributed by atoms with Crippen LogP contribution in [0, 0.1) is 0 Å². The maximum Gasteiger partial charge on any atom is 0.341 e. The lowest BCUT2D eigenvalue weighted by molar-refractivity contribution is -0.116. The van der Waals surface area contributed by atoms with E-state index in [4.69, 9.17) is 9.47 Å². The van der Waals surface area contributed by atoms with Crippen molar-refractivity contribution in [2.45, 2.75) is 13.8 Å². The average Bonchev–Trinajstić information content (AvgIpc) is 3.37. The van der Waals surface area contributed by atoms with E-state index in [9.17, 15) is 14.4 Å². The topological polar surface area (TPSA) is 110 Å². The number of amides is 1. The molecule has 0 spiro atoms. The number of hydrazone groups is 1. The molecule has 2 aromatic rings. The highest BCUT2D eigenvalue weighted by atomic mass is 32.1. The maximum absolute atomic E-state index is 12.4. The summed E-state index contributed by atoms with van der Waals surface area (Å²) in [6.07, 6.45) is 2.85. The predicted molar refractivity (Wildman–Crippen MR) is 99.7 cm³/mol. The van der Waals surface area contributed by atoms with Crippen molar-refractivity contribution in [3.63, 3.8) is 0 Å². The average molecular weight is 387 g/mol. The SMILES string of the molecule is CCOC(=O)c1c[nH]c(/C=C2/C(=O)NN=C2c2cccs2)c1C(=O)OCC. The normalized spacial score (nSPS) is 14.8. The number of nitrogens with zero attached hydrogens (tertiary/aromatic N) is 1. The lowest BCUT2D eigenvalue weighted by Crippen LogP contribution is -2.15. The Balaban J connectivity index is 2.07.